The van der Waals surface area contributed by atoms with Crippen LogP contribution in [0.3, 0.4) is 0 Å². The highest BCUT2D eigenvalue weighted by Crippen LogP contribution is 2.21. The maximum Gasteiger partial charge on any atom is 0.345 e. The van der Waals surface area contributed by atoms with Crippen LogP contribution in [0.2, 0.25) is 0 Å². The summed E-state index contributed by atoms with van der Waals surface area (Å²) in [5.41, 5.74) is 2.67. The number of para-hydroxylation sites is 1. The van der Waals surface area contributed by atoms with Crippen molar-refractivity contribution in [2.24, 2.45) is 0 Å². The molecule has 3 aromatic rings. The Kier molecular flexibility index (Phi) is 4.85. The molecule has 0 aliphatic rings. The fourth-order valence-corrected chi connectivity index (χ4v) is 2.46. The van der Waals surface area contributed by atoms with E-state index in [1.807, 2.05) is 54.6 Å². The first-order valence-electron chi connectivity index (χ1n) is 7.70. The lowest BCUT2D eigenvalue weighted by molar-refractivity contribution is -0.385. The zero-order valence-corrected chi connectivity index (χ0v) is 13.3. The summed E-state index contributed by atoms with van der Waals surface area (Å²) in [6.45, 7) is 0.0555. The molecule has 25 heavy (non-hydrogen) atoms. The van der Waals surface area contributed by atoms with Crippen LogP contribution in [0.5, 0.6) is 0 Å². The molecule has 0 aliphatic heterocycles. The summed E-state index contributed by atoms with van der Waals surface area (Å²) in [5.74, 6) is -0.709. The molecule has 0 heterocycles. The minimum absolute atomic E-state index is 0.0478. The van der Waals surface area contributed by atoms with Crippen molar-refractivity contribution in [3.05, 3.63) is 100 Å². The molecule has 3 aromatic carbocycles. The average Bonchev–Trinajstić information content (AvgIpc) is 2.67. The van der Waals surface area contributed by atoms with Gasteiger partial charge in [0.1, 0.15) is 12.2 Å². The van der Waals surface area contributed by atoms with Crippen molar-refractivity contribution in [2.45, 2.75) is 6.61 Å². The van der Waals surface area contributed by atoms with Gasteiger partial charge in [-0.25, -0.2) is 4.79 Å². The first-order chi connectivity index (χ1) is 12.1. The standard InChI is InChI=1S/C20H15NO4/c22-20(18-8-4-5-9-19(18)21(23)24)25-14-15-10-12-17(13-11-15)16-6-2-1-3-7-16/h1-13H,14H2. The number of carbonyl (C=O) groups is 1. The minimum Gasteiger partial charge on any atom is -0.457 e. The summed E-state index contributed by atoms with van der Waals surface area (Å²) in [5, 5.41) is 11.0. The molecule has 5 heteroatoms. The van der Waals surface area contributed by atoms with E-state index in [0.717, 1.165) is 16.7 Å². The molecule has 0 fully saturated rings. The maximum atomic E-state index is 12.1. The van der Waals surface area contributed by atoms with Gasteiger partial charge in [0.15, 0.2) is 0 Å². The SMILES string of the molecule is O=C(OCc1ccc(-c2ccccc2)cc1)c1ccccc1[N+](=O)[O-]. The lowest BCUT2D eigenvalue weighted by Crippen LogP contribution is -2.08. The monoisotopic (exact) mass is 333 g/mol. The van der Waals surface area contributed by atoms with Gasteiger partial charge in [0.2, 0.25) is 0 Å². The third kappa shape index (κ3) is 3.90. The molecule has 0 atom stereocenters. The molecule has 124 valence electrons. The summed E-state index contributed by atoms with van der Waals surface area (Å²) >= 11 is 0. The van der Waals surface area contributed by atoms with Gasteiger partial charge in [-0.15, -0.1) is 0 Å². The Balaban J connectivity index is 1.68. The van der Waals surface area contributed by atoms with E-state index < -0.39 is 10.9 Å². The summed E-state index contributed by atoms with van der Waals surface area (Å²) < 4.78 is 5.21. The van der Waals surface area contributed by atoms with Gasteiger partial charge in [0.05, 0.1) is 4.92 Å². The number of nitrogens with zero attached hydrogens (tertiary/aromatic N) is 1. The fraction of sp³-hybridized carbons (Fsp3) is 0.0500. The molecule has 0 aliphatic carbocycles. The van der Waals surface area contributed by atoms with Gasteiger partial charge in [-0.1, -0.05) is 66.7 Å². The first-order valence-corrected chi connectivity index (χ1v) is 7.70. The highest BCUT2D eigenvalue weighted by molar-refractivity contribution is 5.93. The molecule has 5 nitrogen and oxygen atoms in total. The van der Waals surface area contributed by atoms with Crippen LogP contribution in [0, 0.1) is 10.1 Å². The van der Waals surface area contributed by atoms with E-state index in [0.29, 0.717) is 0 Å². The number of nitro benzene ring substituents is 1. The Bertz CT molecular complexity index is 889. The van der Waals surface area contributed by atoms with Crippen molar-refractivity contribution >= 4 is 11.7 Å². The quantitative estimate of drug-likeness (QED) is 0.388. The van der Waals surface area contributed by atoms with Crippen LogP contribution in [0.1, 0.15) is 15.9 Å². The summed E-state index contributed by atoms with van der Waals surface area (Å²) in [4.78, 5) is 22.5. The van der Waals surface area contributed by atoms with Crippen molar-refractivity contribution < 1.29 is 14.5 Å². The number of benzene rings is 3. The smallest absolute Gasteiger partial charge is 0.345 e. The number of esters is 1. The summed E-state index contributed by atoms with van der Waals surface area (Å²) in [6.07, 6.45) is 0. The van der Waals surface area contributed by atoms with Gasteiger partial charge >= 0.3 is 5.97 Å². The summed E-state index contributed by atoms with van der Waals surface area (Å²) in [6, 6.07) is 23.3. The Morgan fingerprint density at radius 1 is 0.840 bits per heavy atom. The van der Waals surface area contributed by atoms with Gasteiger partial charge in [-0.3, -0.25) is 10.1 Å². The number of rotatable bonds is 5. The van der Waals surface area contributed by atoms with Gasteiger partial charge in [0.25, 0.3) is 5.69 Å². The van der Waals surface area contributed by atoms with E-state index in [4.69, 9.17) is 4.74 Å². The molecular formula is C20H15NO4. The zero-order valence-electron chi connectivity index (χ0n) is 13.3. The van der Waals surface area contributed by atoms with Crippen molar-refractivity contribution in [1.29, 1.82) is 0 Å². The molecule has 0 unspecified atom stereocenters. The highest BCUT2D eigenvalue weighted by Gasteiger charge is 2.20. The molecule has 0 radical (unpaired) electrons. The Hall–Kier alpha value is -3.47. The molecule has 0 aromatic heterocycles. The van der Waals surface area contributed by atoms with Crippen LogP contribution in [-0.2, 0) is 11.3 Å². The van der Waals surface area contributed by atoms with Gasteiger partial charge in [-0.2, -0.15) is 0 Å². The number of carbonyl (C=O) groups excluding carboxylic acids is 1. The molecule has 0 saturated carbocycles. The van der Waals surface area contributed by atoms with E-state index >= 15 is 0 Å². The fourth-order valence-electron chi connectivity index (χ4n) is 2.46. The van der Waals surface area contributed by atoms with Gasteiger partial charge in [-0.05, 0) is 22.8 Å². The predicted octanol–water partition coefficient (Wildman–Crippen LogP) is 4.62. The maximum absolute atomic E-state index is 12.1. The Morgan fingerprint density at radius 3 is 2.12 bits per heavy atom. The van der Waals surface area contributed by atoms with Crippen molar-refractivity contribution in [2.75, 3.05) is 0 Å². The average molecular weight is 333 g/mol. The molecule has 0 bridgehead atoms. The number of hydrogen-bond donors (Lipinski definition) is 0. The van der Waals surface area contributed by atoms with Crippen LogP contribution >= 0.6 is 0 Å². The second-order valence-electron chi connectivity index (χ2n) is 5.41. The number of hydrogen-bond acceptors (Lipinski definition) is 4. The zero-order chi connectivity index (χ0) is 17.6. The Labute approximate surface area is 144 Å². The van der Waals surface area contributed by atoms with E-state index in [1.54, 1.807) is 6.07 Å². The minimum atomic E-state index is -0.709. The first kappa shape index (κ1) is 16.4. The van der Waals surface area contributed by atoms with E-state index in [2.05, 4.69) is 0 Å². The van der Waals surface area contributed by atoms with Crippen LogP contribution in [-0.4, -0.2) is 10.9 Å². The third-order valence-corrected chi connectivity index (χ3v) is 3.75. The van der Waals surface area contributed by atoms with Crippen molar-refractivity contribution in [1.82, 2.24) is 0 Å². The van der Waals surface area contributed by atoms with Crippen molar-refractivity contribution in [3.8, 4) is 11.1 Å². The predicted molar refractivity (Wildman–Crippen MR) is 94.1 cm³/mol. The Morgan fingerprint density at radius 2 is 1.44 bits per heavy atom. The van der Waals surface area contributed by atoms with Crippen LogP contribution in [0.4, 0.5) is 5.69 Å². The highest BCUT2D eigenvalue weighted by atomic mass is 16.6. The van der Waals surface area contributed by atoms with E-state index in [-0.39, 0.29) is 17.9 Å². The molecule has 3 rings (SSSR count). The molecule has 0 spiro atoms. The van der Waals surface area contributed by atoms with Gasteiger partial charge < -0.3 is 4.74 Å². The molecular weight excluding hydrogens is 318 g/mol. The van der Waals surface area contributed by atoms with Crippen LogP contribution in [0.15, 0.2) is 78.9 Å². The molecule has 0 amide bonds. The summed E-state index contributed by atoms with van der Waals surface area (Å²) in [7, 11) is 0. The van der Waals surface area contributed by atoms with Gasteiger partial charge in [0, 0.05) is 6.07 Å². The number of nitro groups is 1. The van der Waals surface area contributed by atoms with Crippen LogP contribution in [0.25, 0.3) is 11.1 Å². The lowest BCUT2D eigenvalue weighted by atomic mass is 10.0. The second kappa shape index (κ2) is 7.40. The topological polar surface area (TPSA) is 69.4 Å². The van der Waals surface area contributed by atoms with Crippen LogP contribution < -0.4 is 0 Å². The third-order valence-electron chi connectivity index (χ3n) is 3.75. The van der Waals surface area contributed by atoms with Crippen molar-refractivity contribution in [3.63, 3.8) is 0 Å². The number of ether oxygens (including phenoxy) is 1. The lowest BCUT2D eigenvalue weighted by Gasteiger charge is -2.07. The largest absolute Gasteiger partial charge is 0.457 e. The van der Waals surface area contributed by atoms with E-state index in [9.17, 15) is 14.9 Å². The second-order valence-corrected chi connectivity index (χ2v) is 5.41. The van der Waals surface area contributed by atoms with E-state index in [1.165, 1.54) is 18.2 Å². The molecule has 0 saturated heterocycles. The normalized spacial score (nSPS) is 10.2. The molecule has 0 N–H and O–H groups in total.